The molecule has 0 heteroatoms. The fourth-order valence-corrected chi connectivity index (χ4v) is 2.01. The maximum absolute atomic E-state index is 2.28. The van der Waals surface area contributed by atoms with E-state index in [1.165, 1.54) is 29.6 Å². The molecule has 0 aliphatic heterocycles. The molecule has 0 aromatic heterocycles. The van der Waals surface area contributed by atoms with Crippen LogP contribution in [0.1, 0.15) is 31.7 Å². The Balaban J connectivity index is 2.41. The predicted molar refractivity (Wildman–Crippen MR) is 62.0 cm³/mol. The highest BCUT2D eigenvalue weighted by Gasteiger charge is 2.08. The van der Waals surface area contributed by atoms with E-state index in [-0.39, 0.29) is 0 Å². The first-order chi connectivity index (χ1) is 6.92. The van der Waals surface area contributed by atoms with Crippen LogP contribution in [-0.4, -0.2) is 0 Å². The summed E-state index contributed by atoms with van der Waals surface area (Å²) < 4.78 is 0. The van der Waals surface area contributed by atoms with E-state index >= 15 is 0 Å². The molecule has 0 heterocycles. The van der Waals surface area contributed by atoms with E-state index in [0.717, 1.165) is 6.42 Å². The molecular weight excluding hydrogens is 168 g/mol. The van der Waals surface area contributed by atoms with Crippen LogP contribution < -0.4 is 0 Å². The highest BCUT2D eigenvalue weighted by atomic mass is 14.1. The molecule has 2 rings (SSSR count). The lowest BCUT2D eigenvalue weighted by atomic mass is 9.90. The van der Waals surface area contributed by atoms with Gasteiger partial charge in [-0.25, -0.2) is 0 Å². The van der Waals surface area contributed by atoms with Gasteiger partial charge in [-0.2, -0.15) is 0 Å². The second kappa shape index (κ2) is 4.28. The third-order valence-corrected chi connectivity index (χ3v) is 2.77. The Morgan fingerprint density at radius 2 is 1.93 bits per heavy atom. The Morgan fingerprint density at radius 3 is 2.64 bits per heavy atom. The molecule has 0 spiro atoms. The molecule has 1 aromatic carbocycles. The summed E-state index contributed by atoms with van der Waals surface area (Å²) in [5, 5.41) is 0. The molecule has 0 bridgehead atoms. The molecule has 0 saturated carbocycles. The molecule has 1 aliphatic rings. The predicted octanol–water partition coefficient (Wildman–Crippen LogP) is 4.20. The first-order valence-electron chi connectivity index (χ1n) is 5.36. The lowest BCUT2D eigenvalue weighted by Crippen LogP contribution is -1.93. The minimum atomic E-state index is 1.14. The summed E-state index contributed by atoms with van der Waals surface area (Å²) in [6.45, 7) is 2.23. The molecule has 0 radical (unpaired) electrons. The smallest absolute Gasteiger partial charge is 0.0222 e. The van der Waals surface area contributed by atoms with Crippen molar-refractivity contribution in [1.29, 1.82) is 0 Å². The molecule has 72 valence electrons. The first kappa shape index (κ1) is 9.26. The largest absolute Gasteiger partial charge is 0.0839 e. The van der Waals surface area contributed by atoms with Crippen molar-refractivity contribution < 1.29 is 0 Å². The number of benzene rings is 1. The summed E-state index contributed by atoms with van der Waals surface area (Å²) in [6.07, 6.45) is 8.09. The Labute approximate surface area is 86.0 Å². The van der Waals surface area contributed by atoms with Gasteiger partial charge < -0.3 is 0 Å². The van der Waals surface area contributed by atoms with E-state index in [9.17, 15) is 0 Å². The average molecular weight is 184 g/mol. The third kappa shape index (κ3) is 1.79. The van der Waals surface area contributed by atoms with Crippen LogP contribution in [0.2, 0.25) is 0 Å². The van der Waals surface area contributed by atoms with Crippen molar-refractivity contribution in [2.45, 2.75) is 26.2 Å². The van der Waals surface area contributed by atoms with Crippen molar-refractivity contribution in [1.82, 2.24) is 0 Å². The fraction of sp³-hybridized carbons (Fsp3) is 0.286. The number of allylic oxidation sites excluding steroid dienone is 4. The number of hydrogen-bond acceptors (Lipinski definition) is 0. The van der Waals surface area contributed by atoms with E-state index < -0.39 is 0 Å². The highest BCUT2D eigenvalue weighted by molar-refractivity contribution is 5.71. The summed E-state index contributed by atoms with van der Waals surface area (Å²) in [4.78, 5) is 0. The molecule has 0 saturated heterocycles. The van der Waals surface area contributed by atoms with Gasteiger partial charge in [-0.3, -0.25) is 0 Å². The monoisotopic (exact) mass is 184 g/mol. The maximum Gasteiger partial charge on any atom is -0.0222 e. The van der Waals surface area contributed by atoms with Crippen LogP contribution in [0, 0.1) is 0 Å². The van der Waals surface area contributed by atoms with Crippen molar-refractivity contribution in [2.24, 2.45) is 0 Å². The van der Waals surface area contributed by atoms with Crippen LogP contribution >= 0.6 is 0 Å². The van der Waals surface area contributed by atoms with Gasteiger partial charge in [0.05, 0.1) is 0 Å². The Hall–Kier alpha value is -1.30. The summed E-state index contributed by atoms with van der Waals surface area (Å²) in [6, 6.07) is 10.7. The van der Waals surface area contributed by atoms with Crippen molar-refractivity contribution in [2.75, 3.05) is 0 Å². The quantitative estimate of drug-likeness (QED) is 0.646. The average Bonchev–Trinajstić information content (AvgIpc) is 2.30. The molecule has 0 N–H and O–H groups in total. The van der Waals surface area contributed by atoms with Crippen LogP contribution in [0.25, 0.3) is 5.57 Å². The van der Waals surface area contributed by atoms with Gasteiger partial charge in [0.1, 0.15) is 0 Å². The molecular formula is C14H16. The normalized spacial score (nSPS) is 16.1. The van der Waals surface area contributed by atoms with Crippen molar-refractivity contribution in [3.05, 3.63) is 53.6 Å². The Kier molecular flexibility index (Phi) is 2.83. The lowest BCUT2D eigenvalue weighted by Gasteiger charge is -2.15. The Morgan fingerprint density at radius 1 is 1.14 bits per heavy atom. The van der Waals surface area contributed by atoms with Gasteiger partial charge in [0.25, 0.3) is 0 Å². The van der Waals surface area contributed by atoms with Gasteiger partial charge in [-0.15, -0.1) is 0 Å². The summed E-state index contributed by atoms with van der Waals surface area (Å²) in [5.41, 5.74) is 4.44. The van der Waals surface area contributed by atoms with Crippen molar-refractivity contribution in [3.63, 3.8) is 0 Å². The van der Waals surface area contributed by atoms with E-state index in [2.05, 4.69) is 49.4 Å². The molecule has 0 nitrogen and oxygen atoms in total. The number of hydrogen-bond donors (Lipinski definition) is 0. The zero-order valence-corrected chi connectivity index (χ0v) is 8.66. The van der Waals surface area contributed by atoms with Crippen LogP contribution in [0.15, 0.2) is 48.1 Å². The van der Waals surface area contributed by atoms with E-state index in [1.807, 2.05) is 0 Å². The second-order valence-corrected chi connectivity index (χ2v) is 3.66. The van der Waals surface area contributed by atoms with Gasteiger partial charge in [0.2, 0.25) is 0 Å². The van der Waals surface area contributed by atoms with Crippen LogP contribution in [-0.2, 0) is 0 Å². The number of rotatable bonds is 2. The standard InChI is InChI=1S/C14H16/c1-2-12-8-6-7-11-14(12)13-9-4-3-5-10-13/h3-6,8-10H,2,7,11H2,1H3. The van der Waals surface area contributed by atoms with Gasteiger partial charge in [0.15, 0.2) is 0 Å². The summed E-state index contributed by atoms with van der Waals surface area (Å²) in [5.74, 6) is 0. The van der Waals surface area contributed by atoms with Crippen LogP contribution in [0.4, 0.5) is 0 Å². The molecule has 1 aromatic rings. The Bertz CT molecular complexity index is 355. The molecule has 0 unspecified atom stereocenters. The maximum atomic E-state index is 2.28. The van der Waals surface area contributed by atoms with E-state index in [4.69, 9.17) is 0 Å². The summed E-state index contributed by atoms with van der Waals surface area (Å²) in [7, 11) is 0. The van der Waals surface area contributed by atoms with Crippen molar-refractivity contribution >= 4 is 5.57 Å². The van der Waals surface area contributed by atoms with Gasteiger partial charge in [-0.05, 0) is 36.0 Å². The molecule has 1 aliphatic carbocycles. The molecule has 0 amide bonds. The minimum Gasteiger partial charge on any atom is -0.0839 e. The van der Waals surface area contributed by atoms with Gasteiger partial charge in [-0.1, -0.05) is 49.4 Å². The zero-order chi connectivity index (χ0) is 9.80. The van der Waals surface area contributed by atoms with E-state index in [1.54, 1.807) is 0 Å². The van der Waals surface area contributed by atoms with Crippen molar-refractivity contribution in [3.8, 4) is 0 Å². The molecule has 0 fully saturated rings. The molecule has 0 atom stereocenters. The van der Waals surface area contributed by atoms with Crippen LogP contribution in [0.5, 0.6) is 0 Å². The lowest BCUT2D eigenvalue weighted by molar-refractivity contribution is 1.00. The minimum absolute atomic E-state index is 1.14. The van der Waals surface area contributed by atoms with Gasteiger partial charge >= 0.3 is 0 Å². The first-order valence-corrected chi connectivity index (χ1v) is 5.36. The second-order valence-electron chi connectivity index (χ2n) is 3.66. The van der Waals surface area contributed by atoms with Gasteiger partial charge in [0, 0.05) is 0 Å². The van der Waals surface area contributed by atoms with Crippen LogP contribution in [0.3, 0.4) is 0 Å². The molecule has 14 heavy (non-hydrogen) atoms. The highest BCUT2D eigenvalue weighted by Crippen LogP contribution is 2.29. The fourth-order valence-electron chi connectivity index (χ4n) is 2.01. The SMILES string of the molecule is CCC1=C(c2ccccc2)CCC=C1. The third-order valence-electron chi connectivity index (χ3n) is 2.77. The topological polar surface area (TPSA) is 0 Å². The summed E-state index contributed by atoms with van der Waals surface area (Å²) >= 11 is 0. The van der Waals surface area contributed by atoms with E-state index in [0.29, 0.717) is 0 Å². The zero-order valence-electron chi connectivity index (χ0n) is 8.66.